The van der Waals surface area contributed by atoms with Crippen LogP contribution >= 0.6 is 11.8 Å². The quantitative estimate of drug-likeness (QED) is 0.428. The molecule has 30 heavy (non-hydrogen) atoms. The van der Waals surface area contributed by atoms with Crippen LogP contribution < -0.4 is 5.32 Å². The molecule has 1 fully saturated rings. The van der Waals surface area contributed by atoms with E-state index in [2.05, 4.69) is 32.2 Å². The Balaban J connectivity index is 1.30. The molecule has 0 aliphatic heterocycles. The summed E-state index contributed by atoms with van der Waals surface area (Å²) in [4.78, 5) is 12.7. The fourth-order valence-corrected chi connectivity index (χ4v) is 4.36. The number of fused-ring (bicyclic) bond motifs is 1. The van der Waals surface area contributed by atoms with Crippen LogP contribution in [0.25, 0.3) is 10.8 Å². The van der Waals surface area contributed by atoms with Crippen LogP contribution in [-0.2, 0) is 11.3 Å². The minimum Gasteiger partial charge on any atom is -0.325 e. The van der Waals surface area contributed by atoms with Crippen LogP contribution in [0.1, 0.15) is 30.1 Å². The highest BCUT2D eigenvalue weighted by Crippen LogP contribution is 2.40. The van der Waals surface area contributed by atoms with E-state index in [9.17, 15) is 4.79 Å². The summed E-state index contributed by atoms with van der Waals surface area (Å²) in [6.45, 7) is 0.729. The monoisotopic (exact) mass is 414 g/mol. The maximum Gasteiger partial charge on any atom is 0.234 e. The van der Waals surface area contributed by atoms with E-state index in [1.807, 2.05) is 60.7 Å². The number of nitrogens with one attached hydrogen (secondary N) is 1. The van der Waals surface area contributed by atoms with Gasteiger partial charge in [0, 0.05) is 17.0 Å². The van der Waals surface area contributed by atoms with Crippen LogP contribution in [0.3, 0.4) is 0 Å². The van der Waals surface area contributed by atoms with Gasteiger partial charge in [-0.3, -0.25) is 4.79 Å². The second kappa shape index (κ2) is 8.32. The Bertz CT molecular complexity index is 1180. The molecular weight excluding hydrogens is 392 g/mol. The lowest BCUT2D eigenvalue weighted by Crippen LogP contribution is -2.15. The number of carbonyl (C=O) groups is 1. The third-order valence-corrected chi connectivity index (χ3v) is 6.23. The zero-order chi connectivity index (χ0) is 20.3. The second-order valence-corrected chi connectivity index (χ2v) is 8.49. The van der Waals surface area contributed by atoms with E-state index in [1.54, 1.807) is 0 Å². The normalized spacial score (nSPS) is 13.5. The van der Waals surface area contributed by atoms with Crippen molar-refractivity contribution in [3.8, 4) is 0 Å². The molecule has 150 valence electrons. The Kier molecular flexibility index (Phi) is 5.24. The molecule has 1 N–H and O–H groups in total. The molecule has 1 saturated carbocycles. The van der Waals surface area contributed by atoms with Crippen LogP contribution in [0, 0.1) is 0 Å². The number of benzene rings is 3. The number of anilines is 1. The van der Waals surface area contributed by atoms with Crippen LogP contribution in [0.2, 0.25) is 0 Å². The molecule has 1 aromatic heterocycles. The van der Waals surface area contributed by atoms with Gasteiger partial charge in [-0.15, -0.1) is 10.2 Å². The number of hydrogen-bond donors (Lipinski definition) is 1. The molecular formula is C24H22N4OS. The van der Waals surface area contributed by atoms with Gasteiger partial charge in [0.1, 0.15) is 5.82 Å². The van der Waals surface area contributed by atoms with Gasteiger partial charge in [-0.05, 0) is 29.9 Å². The second-order valence-electron chi connectivity index (χ2n) is 7.55. The first-order chi connectivity index (χ1) is 14.8. The predicted molar refractivity (Wildman–Crippen MR) is 121 cm³/mol. The minimum absolute atomic E-state index is 0.0430. The van der Waals surface area contributed by atoms with Crippen molar-refractivity contribution in [1.82, 2.24) is 14.8 Å². The first kappa shape index (κ1) is 18.9. The molecule has 6 heteroatoms. The number of aromatic nitrogens is 3. The molecule has 0 saturated heterocycles. The highest BCUT2D eigenvalue weighted by atomic mass is 32.2. The molecule has 0 spiro atoms. The standard InChI is InChI=1S/C24H22N4OS/c29-22(25-21-12-6-10-18-9-4-5-11-20(18)21)16-30-24-27-26-23(19-13-14-19)28(24)15-17-7-2-1-3-8-17/h1-12,19H,13-16H2,(H,25,29). The van der Waals surface area contributed by atoms with Gasteiger partial charge in [0.25, 0.3) is 0 Å². The average molecular weight is 415 g/mol. The summed E-state index contributed by atoms with van der Waals surface area (Å²) < 4.78 is 2.17. The molecule has 0 unspecified atom stereocenters. The van der Waals surface area contributed by atoms with Gasteiger partial charge in [-0.2, -0.15) is 0 Å². The molecule has 3 aromatic carbocycles. The largest absolute Gasteiger partial charge is 0.325 e. The van der Waals surface area contributed by atoms with Gasteiger partial charge in [0.15, 0.2) is 5.16 Å². The van der Waals surface area contributed by atoms with Gasteiger partial charge < -0.3 is 9.88 Å². The molecule has 5 nitrogen and oxygen atoms in total. The Hall–Kier alpha value is -3.12. The smallest absolute Gasteiger partial charge is 0.234 e. The zero-order valence-corrected chi connectivity index (χ0v) is 17.3. The van der Waals surface area contributed by atoms with Gasteiger partial charge in [0.05, 0.1) is 12.3 Å². The number of thioether (sulfide) groups is 1. The van der Waals surface area contributed by atoms with Crippen LogP contribution in [-0.4, -0.2) is 26.4 Å². The van der Waals surface area contributed by atoms with Crippen molar-refractivity contribution in [2.75, 3.05) is 11.1 Å². The lowest BCUT2D eigenvalue weighted by Gasteiger charge is -2.11. The molecule has 1 aliphatic carbocycles. The molecule has 0 bridgehead atoms. The number of amides is 1. The highest BCUT2D eigenvalue weighted by Gasteiger charge is 2.30. The molecule has 5 rings (SSSR count). The van der Waals surface area contributed by atoms with Crippen molar-refractivity contribution in [2.24, 2.45) is 0 Å². The fourth-order valence-electron chi connectivity index (χ4n) is 3.62. The number of hydrogen-bond acceptors (Lipinski definition) is 4. The summed E-state index contributed by atoms with van der Waals surface area (Å²) in [7, 11) is 0. The average Bonchev–Trinajstić information content (AvgIpc) is 3.55. The zero-order valence-electron chi connectivity index (χ0n) is 16.5. The van der Waals surface area contributed by atoms with Crippen molar-refractivity contribution < 1.29 is 4.79 Å². The molecule has 0 radical (unpaired) electrons. The Labute approximate surface area is 179 Å². The summed E-state index contributed by atoms with van der Waals surface area (Å²) >= 11 is 1.44. The van der Waals surface area contributed by atoms with E-state index in [0.717, 1.165) is 34.0 Å². The van der Waals surface area contributed by atoms with Gasteiger partial charge >= 0.3 is 0 Å². The van der Waals surface area contributed by atoms with Crippen LogP contribution in [0.15, 0.2) is 78.0 Å². The van der Waals surface area contributed by atoms with Crippen molar-refractivity contribution in [3.05, 3.63) is 84.2 Å². The molecule has 1 aliphatic rings. The number of carbonyl (C=O) groups excluding carboxylic acids is 1. The molecule has 4 aromatic rings. The first-order valence-electron chi connectivity index (χ1n) is 10.2. The molecule has 1 heterocycles. The third-order valence-electron chi connectivity index (χ3n) is 5.27. The summed E-state index contributed by atoms with van der Waals surface area (Å²) in [6.07, 6.45) is 2.33. The van der Waals surface area contributed by atoms with E-state index < -0.39 is 0 Å². The SMILES string of the molecule is O=C(CSc1nnc(C2CC2)n1Cc1ccccc1)Nc1cccc2ccccc12. The van der Waals surface area contributed by atoms with E-state index in [-0.39, 0.29) is 5.91 Å². The van der Waals surface area contributed by atoms with Crippen LogP contribution in [0.4, 0.5) is 5.69 Å². The fraction of sp³-hybridized carbons (Fsp3) is 0.208. The maximum atomic E-state index is 12.7. The van der Waals surface area contributed by atoms with Crippen molar-refractivity contribution in [2.45, 2.75) is 30.5 Å². The van der Waals surface area contributed by atoms with E-state index in [4.69, 9.17) is 0 Å². The van der Waals surface area contributed by atoms with Crippen molar-refractivity contribution in [1.29, 1.82) is 0 Å². The van der Waals surface area contributed by atoms with Gasteiger partial charge in [-0.1, -0.05) is 78.5 Å². The number of rotatable bonds is 7. The summed E-state index contributed by atoms with van der Waals surface area (Å²) in [6, 6.07) is 24.3. The summed E-state index contributed by atoms with van der Waals surface area (Å²) in [5.74, 6) is 1.79. The van der Waals surface area contributed by atoms with Crippen LogP contribution in [0.5, 0.6) is 0 Å². The van der Waals surface area contributed by atoms with E-state index >= 15 is 0 Å². The predicted octanol–water partition coefficient (Wildman–Crippen LogP) is 5.09. The lowest BCUT2D eigenvalue weighted by molar-refractivity contribution is -0.113. The Morgan fingerprint density at radius 3 is 2.57 bits per heavy atom. The van der Waals surface area contributed by atoms with E-state index in [1.165, 1.54) is 30.2 Å². The molecule has 1 amide bonds. The first-order valence-corrected chi connectivity index (χ1v) is 11.1. The summed E-state index contributed by atoms with van der Waals surface area (Å²) in [5.41, 5.74) is 2.05. The summed E-state index contributed by atoms with van der Waals surface area (Å²) in [5, 5.41) is 14.8. The Morgan fingerprint density at radius 1 is 0.967 bits per heavy atom. The Morgan fingerprint density at radius 2 is 1.73 bits per heavy atom. The van der Waals surface area contributed by atoms with E-state index in [0.29, 0.717) is 11.7 Å². The lowest BCUT2D eigenvalue weighted by atomic mass is 10.1. The maximum absolute atomic E-state index is 12.7. The molecule has 0 atom stereocenters. The minimum atomic E-state index is -0.0430. The topological polar surface area (TPSA) is 59.8 Å². The van der Waals surface area contributed by atoms with Gasteiger partial charge in [-0.25, -0.2) is 0 Å². The van der Waals surface area contributed by atoms with Crippen molar-refractivity contribution in [3.63, 3.8) is 0 Å². The van der Waals surface area contributed by atoms with Gasteiger partial charge in [0.2, 0.25) is 5.91 Å². The van der Waals surface area contributed by atoms with Crippen molar-refractivity contribution >= 4 is 34.1 Å². The third kappa shape index (κ3) is 4.09. The highest BCUT2D eigenvalue weighted by molar-refractivity contribution is 7.99. The number of nitrogens with zero attached hydrogens (tertiary/aromatic N) is 3.